The monoisotopic (exact) mass is 340 g/mol. The van der Waals surface area contributed by atoms with Crippen LogP contribution in [0.1, 0.15) is 29.8 Å². The number of carbonyl (C=O) groups is 1. The number of thioether (sulfide) groups is 1. The third kappa shape index (κ3) is 4.02. The van der Waals surface area contributed by atoms with Gasteiger partial charge in [0.1, 0.15) is 0 Å². The lowest BCUT2D eigenvalue weighted by Crippen LogP contribution is -2.15. The van der Waals surface area contributed by atoms with Gasteiger partial charge < -0.3 is 0 Å². The van der Waals surface area contributed by atoms with Crippen molar-refractivity contribution in [1.82, 2.24) is 0 Å². The average Bonchev–Trinajstić information content (AvgIpc) is 2.25. The van der Waals surface area contributed by atoms with E-state index in [9.17, 15) is 18.0 Å². The molecular formula is C12H12BrF3OS. The number of alkyl halides is 4. The molecule has 0 fully saturated rings. The van der Waals surface area contributed by atoms with Crippen LogP contribution in [0.25, 0.3) is 0 Å². The summed E-state index contributed by atoms with van der Waals surface area (Å²) in [5.41, 5.74) is -3.58. The maximum Gasteiger partial charge on any atom is 0.446 e. The van der Waals surface area contributed by atoms with Crippen molar-refractivity contribution in [3.8, 4) is 0 Å². The van der Waals surface area contributed by atoms with Gasteiger partial charge in [0.05, 0.1) is 4.83 Å². The number of hydrogen-bond donors (Lipinski definition) is 0. The van der Waals surface area contributed by atoms with Gasteiger partial charge in [0.15, 0.2) is 5.78 Å². The molecule has 0 aliphatic heterocycles. The predicted molar refractivity (Wildman–Crippen MR) is 70.5 cm³/mol. The molecule has 1 rings (SSSR count). The topological polar surface area (TPSA) is 17.1 Å². The van der Waals surface area contributed by atoms with Gasteiger partial charge in [-0.25, -0.2) is 0 Å². The van der Waals surface area contributed by atoms with Crippen LogP contribution >= 0.6 is 27.7 Å². The lowest BCUT2D eigenvalue weighted by atomic mass is 10.0. The fourth-order valence-corrected chi connectivity index (χ4v) is 2.52. The van der Waals surface area contributed by atoms with Crippen molar-refractivity contribution in [3.63, 3.8) is 0 Å². The number of carbonyl (C=O) groups excluding carboxylic acids is 1. The summed E-state index contributed by atoms with van der Waals surface area (Å²) in [6.45, 7) is 3.42. The number of rotatable bonds is 4. The van der Waals surface area contributed by atoms with E-state index in [0.29, 0.717) is 12.0 Å². The van der Waals surface area contributed by atoms with Crippen LogP contribution in [0.2, 0.25) is 0 Å². The zero-order chi connectivity index (χ0) is 13.9. The lowest BCUT2D eigenvalue weighted by Gasteiger charge is -2.15. The second kappa shape index (κ2) is 6.10. The minimum atomic E-state index is -4.39. The van der Waals surface area contributed by atoms with Crippen molar-refractivity contribution < 1.29 is 18.0 Å². The first-order valence-electron chi connectivity index (χ1n) is 5.32. The van der Waals surface area contributed by atoms with E-state index in [2.05, 4.69) is 15.9 Å². The van der Waals surface area contributed by atoms with Crippen LogP contribution in [0.4, 0.5) is 13.2 Å². The first-order chi connectivity index (χ1) is 8.26. The van der Waals surface area contributed by atoms with Crippen LogP contribution < -0.4 is 0 Å². The third-order valence-corrected chi connectivity index (χ3v) is 3.53. The van der Waals surface area contributed by atoms with E-state index in [1.54, 1.807) is 19.1 Å². The summed E-state index contributed by atoms with van der Waals surface area (Å²) >= 11 is 2.87. The van der Waals surface area contributed by atoms with Gasteiger partial charge in [-0.15, -0.1) is 0 Å². The molecule has 0 amide bonds. The van der Waals surface area contributed by atoms with Crippen molar-refractivity contribution in [1.29, 1.82) is 0 Å². The molecule has 0 aliphatic rings. The molecule has 1 nitrogen and oxygen atoms in total. The maximum atomic E-state index is 12.5. The van der Waals surface area contributed by atoms with Crippen molar-refractivity contribution in [2.75, 3.05) is 0 Å². The van der Waals surface area contributed by atoms with Crippen LogP contribution in [0.3, 0.4) is 0 Å². The summed E-state index contributed by atoms with van der Waals surface area (Å²) in [7, 11) is 0. The summed E-state index contributed by atoms with van der Waals surface area (Å²) in [5.74, 6) is -0.320. The molecule has 1 aromatic rings. The van der Waals surface area contributed by atoms with Gasteiger partial charge >= 0.3 is 5.51 Å². The van der Waals surface area contributed by atoms with Crippen LogP contribution in [-0.2, 0) is 6.42 Å². The van der Waals surface area contributed by atoms with Crippen LogP contribution in [0.15, 0.2) is 23.1 Å². The SMILES string of the molecule is CCc1cccc(SC(F)(F)F)c1C(=O)C(C)Br. The van der Waals surface area contributed by atoms with Crippen molar-refractivity contribution in [2.24, 2.45) is 0 Å². The minimum Gasteiger partial charge on any atom is -0.293 e. The van der Waals surface area contributed by atoms with E-state index in [0.717, 1.165) is 0 Å². The minimum absolute atomic E-state index is 0.0295. The zero-order valence-corrected chi connectivity index (χ0v) is 12.2. The van der Waals surface area contributed by atoms with Gasteiger partial charge in [-0.2, -0.15) is 13.2 Å². The molecule has 0 saturated heterocycles. The Hall–Kier alpha value is -0.490. The molecule has 18 heavy (non-hydrogen) atoms. The number of Topliss-reactive ketones (excluding diaryl/α,β-unsaturated/α-hetero) is 1. The lowest BCUT2D eigenvalue weighted by molar-refractivity contribution is -0.0328. The highest BCUT2D eigenvalue weighted by Gasteiger charge is 2.32. The van der Waals surface area contributed by atoms with E-state index >= 15 is 0 Å². The smallest absolute Gasteiger partial charge is 0.293 e. The fraction of sp³-hybridized carbons (Fsp3) is 0.417. The highest BCUT2D eigenvalue weighted by atomic mass is 79.9. The van der Waals surface area contributed by atoms with Gasteiger partial charge in [-0.05, 0) is 36.7 Å². The molecule has 1 atom stereocenters. The second-order valence-corrected chi connectivity index (χ2v) is 6.15. The average molecular weight is 341 g/mol. The van der Waals surface area contributed by atoms with Crippen molar-refractivity contribution in [2.45, 2.75) is 35.5 Å². The molecule has 0 bridgehead atoms. The molecule has 0 saturated carbocycles. The number of aryl methyl sites for hydroxylation is 1. The number of benzene rings is 1. The Labute approximate surface area is 116 Å². The highest BCUT2D eigenvalue weighted by Crippen LogP contribution is 2.40. The van der Waals surface area contributed by atoms with Crippen LogP contribution in [0.5, 0.6) is 0 Å². The Morgan fingerprint density at radius 2 is 2.06 bits per heavy atom. The Balaban J connectivity index is 3.29. The Morgan fingerprint density at radius 3 is 2.50 bits per heavy atom. The van der Waals surface area contributed by atoms with Crippen molar-refractivity contribution in [3.05, 3.63) is 29.3 Å². The molecule has 100 valence electrons. The molecule has 0 spiro atoms. The molecular weight excluding hydrogens is 329 g/mol. The standard InChI is InChI=1S/C12H12BrF3OS/c1-3-8-5-4-6-9(18-12(14,15)16)10(8)11(17)7(2)13/h4-7H,3H2,1-2H3. The predicted octanol–water partition coefficient (Wildman–Crippen LogP) is 4.83. The largest absolute Gasteiger partial charge is 0.446 e. The molecule has 1 aromatic carbocycles. The van der Waals surface area contributed by atoms with E-state index in [1.165, 1.54) is 6.07 Å². The van der Waals surface area contributed by atoms with Gasteiger partial charge in [0.25, 0.3) is 0 Å². The molecule has 1 unspecified atom stereocenters. The second-order valence-electron chi connectivity index (χ2n) is 3.67. The molecule has 0 N–H and O–H groups in total. The van der Waals surface area contributed by atoms with E-state index in [-0.39, 0.29) is 28.0 Å². The Bertz CT molecular complexity index is 443. The van der Waals surface area contributed by atoms with Gasteiger partial charge in [0, 0.05) is 10.5 Å². The molecule has 0 aromatic heterocycles. The summed E-state index contributed by atoms with van der Waals surface area (Å²) in [6, 6.07) is 4.56. The van der Waals surface area contributed by atoms with Gasteiger partial charge in [-0.1, -0.05) is 35.0 Å². The van der Waals surface area contributed by atoms with Gasteiger partial charge in [0.2, 0.25) is 0 Å². The number of halogens is 4. The van der Waals surface area contributed by atoms with E-state index < -0.39 is 10.3 Å². The zero-order valence-electron chi connectivity index (χ0n) is 9.84. The molecule has 0 heterocycles. The number of ketones is 1. The fourth-order valence-electron chi connectivity index (χ4n) is 1.56. The molecule has 0 aliphatic carbocycles. The first-order valence-corrected chi connectivity index (χ1v) is 7.05. The quantitative estimate of drug-likeness (QED) is 0.443. The van der Waals surface area contributed by atoms with Gasteiger partial charge in [-0.3, -0.25) is 4.79 Å². The Kier molecular flexibility index (Phi) is 5.28. The Morgan fingerprint density at radius 1 is 1.44 bits per heavy atom. The molecule has 0 radical (unpaired) electrons. The number of hydrogen-bond acceptors (Lipinski definition) is 2. The van der Waals surface area contributed by atoms with Crippen LogP contribution in [-0.4, -0.2) is 16.1 Å². The molecule has 6 heteroatoms. The third-order valence-electron chi connectivity index (χ3n) is 2.33. The van der Waals surface area contributed by atoms with Crippen molar-refractivity contribution >= 4 is 33.5 Å². The van der Waals surface area contributed by atoms with Crippen LogP contribution in [0, 0.1) is 0 Å². The maximum absolute atomic E-state index is 12.5. The van der Waals surface area contributed by atoms with E-state index in [1.807, 2.05) is 6.92 Å². The summed E-state index contributed by atoms with van der Waals surface area (Å²) in [5, 5.41) is 0. The normalized spacial score (nSPS) is 13.4. The van der Waals surface area contributed by atoms with E-state index in [4.69, 9.17) is 0 Å². The summed E-state index contributed by atoms with van der Waals surface area (Å²) < 4.78 is 37.4. The summed E-state index contributed by atoms with van der Waals surface area (Å²) in [4.78, 5) is 11.5. The first kappa shape index (κ1) is 15.6. The summed E-state index contributed by atoms with van der Waals surface area (Å²) in [6.07, 6.45) is 0.521. The highest BCUT2D eigenvalue weighted by molar-refractivity contribution is 9.10.